The van der Waals surface area contributed by atoms with Crippen molar-refractivity contribution in [3.05, 3.63) is 0 Å². The molecule has 0 bridgehead atoms. The first-order chi connectivity index (χ1) is 8.20. The SMILES string of the molecule is CC(O)CNC(=O)NC1CC(=O)N(C(C)(C)C)C1. The van der Waals surface area contributed by atoms with Crippen LogP contribution in [0.25, 0.3) is 0 Å². The van der Waals surface area contributed by atoms with Crippen LogP contribution in [0.4, 0.5) is 4.79 Å². The van der Waals surface area contributed by atoms with Crippen molar-refractivity contribution in [2.75, 3.05) is 13.1 Å². The molecule has 1 saturated heterocycles. The number of aliphatic hydroxyl groups excluding tert-OH is 1. The maximum Gasteiger partial charge on any atom is 0.315 e. The highest BCUT2D eigenvalue weighted by Gasteiger charge is 2.36. The molecule has 1 aliphatic heterocycles. The van der Waals surface area contributed by atoms with Crippen molar-refractivity contribution < 1.29 is 14.7 Å². The molecule has 0 saturated carbocycles. The molecule has 1 rings (SSSR count). The minimum absolute atomic E-state index is 0.0586. The second-order valence-corrected chi connectivity index (χ2v) is 5.78. The van der Waals surface area contributed by atoms with Crippen LogP contribution in [0, 0.1) is 0 Å². The highest BCUT2D eigenvalue weighted by molar-refractivity contribution is 5.82. The molecule has 1 heterocycles. The van der Waals surface area contributed by atoms with Crippen LogP contribution >= 0.6 is 0 Å². The summed E-state index contributed by atoms with van der Waals surface area (Å²) in [5.41, 5.74) is -0.219. The maximum absolute atomic E-state index is 11.8. The van der Waals surface area contributed by atoms with E-state index in [-0.39, 0.29) is 30.1 Å². The first-order valence-corrected chi connectivity index (χ1v) is 6.23. The average molecular weight is 257 g/mol. The Hall–Kier alpha value is -1.30. The molecule has 0 aromatic heterocycles. The molecular weight excluding hydrogens is 234 g/mol. The summed E-state index contributed by atoms with van der Waals surface area (Å²) in [4.78, 5) is 25.1. The average Bonchev–Trinajstić information content (AvgIpc) is 2.56. The second kappa shape index (κ2) is 5.56. The molecule has 3 N–H and O–H groups in total. The van der Waals surface area contributed by atoms with E-state index in [0.717, 1.165) is 0 Å². The van der Waals surface area contributed by atoms with Crippen LogP contribution < -0.4 is 10.6 Å². The minimum Gasteiger partial charge on any atom is -0.392 e. The first-order valence-electron chi connectivity index (χ1n) is 6.23. The Morgan fingerprint density at radius 2 is 2.17 bits per heavy atom. The van der Waals surface area contributed by atoms with E-state index in [1.54, 1.807) is 11.8 Å². The molecule has 6 heteroatoms. The molecule has 1 aliphatic rings. The summed E-state index contributed by atoms with van der Waals surface area (Å²) in [6.45, 7) is 8.25. The predicted octanol–water partition coefficient (Wildman–Crippen LogP) is 0.0658. The van der Waals surface area contributed by atoms with E-state index >= 15 is 0 Å². The summed E-state index contributed by atoms with van der Waals surface area (Å²) in [6, 6.07) is -0.504. The lowest BCUT2D eigenvalue weighted by atomic mass is 10.1. The van der Waals surface area contributed by atoms with Gasteiger partial charge in [-0.2, -0.15) is 0 Å². The molecule has 0 radical (unpaired) electrons. The number of urea groups is 1. The summed E-state index contributed by atoms with van der Waals surface area (Å²) in [7, 11) is 0. The molecule has 104 valence electrons. The number of nitrogens with zero attached hydrogens (tertiary/aromatic N) is 1. The highest BCUT2D eigenvalue weighted by atomic mass is 16.3. The van der Waals surface area contributed by atoms with Crippen LogP contribution in [0.15, 0.2) is 0 Å². The lowest BCUT2D eigenvalue weighted by molar-refractivity contribution is -0.131. The molecule has 0 aliphatic carbocycles. The van der Waals surface area contributed by atoms with Crippen LogP contribution in [-0.2, 0) is 4.79 Å². The third-order valence-corrected chi connectivity index (χ3v) is 2.83. The quantitative estimate of drug-likeness (QED) is 0.669. The van der Waals surface area contributed by atoms with E-state index in [2.05, 4.69) is 10.6 Å². The Balaban J connectivity index is 2.42. The fourth-order valence-electron chi connectivity index (χ4n) is 1.93. The zero-order valence-electron chi connectivity index (χ0n) is 11.5. The Bertz CT molecular complexity index is 323. The van der Waals surface area contributed by atoms with Gasteiger partial charge in [-0.1, -0.05) is 0 Å². The van der Waals surface area contributed by atoms with Crippen LogP contribution in [0.3, 0.4) is 0 Å². The molecular formula is C12H23N3O3. The lowest BCUT2D eigenvalue weighted by Crippen LogP contribution is -2.47. The van der Waals surface area contributed by atoms with E-state index < -0.39 is 6.10 Å². The summed E-state index contributed by atoms with van der Waals surface area (Å²) in [6.07, 6.45) is -0.244. The van der Waals surface area contributed by atoms with Crippen molar-refractivity contribution in [2.45, 2.75) is 51.8 Å². The zero-order valence-corrected chi connectivity index (χ0v) is 11.5. The zero-order chi connectivity index (χ0) is 13.9. The molecule has 2 atom stereocenters. The maximum atomic E-state index is 11.8. The summed E-state index contributed by atoms with van der Waals surface area (Å²) >= 11 is 0. The van der Waals surface area contributed by atoms with Gasteiger partial charge in [-0.3, -0.25) is 4.79 Å². The fraction of sp³-hybridized carbons (Fsp3) is 0.833. The van der Waals surface area contributed by atoms with Crippen molar-refractivity contribution >= 4 is 11.9 Å². The van der Waals surface area contributed by atoms with E-state index in [4.69, 9.17) is 5.11 Å². The Morgan fingerprint density at radius 1 is 1.56 bits per heavy atom. The molecule has 2 unspecified atom stereocenters. The number of carbonyl (C=O) groups is 2. The van der Waals surface area contributed by atoms with Crippen LogP contribution in [0.5, 0.6) is 0 Å². The molecule has 0 aromatic rings. The van der Waals surface area contributed by atoms with Gasteiger partial charge in [0, 0.05) is 25.0 Å². The lowest BCUT2D eigenvalue weighted by Gasteiger charge is -2.32. The van der Waals surface area contributed by atoms with E-state index in [9.17, 15) is 9.59 Å². The molecule has 18 heavy (non-hydrogen) atoms. The Labute approximate surface area is 108 Å². The topological polar surface area (TPSA) is 81.7 Å². The molecule has 6 nitrogen and oxygen atoms in total. The van der Waals surface area contributed by atoms with Crippen LogP contribution in [0.2, 0.25) is 0 Å². The van der Waals surface area contributed by atoms with Gasteiger partial charge in [-0.25, -0.2) is 4.79 Å². The first kappa shape index (κ1) is 14.8. The van der Waals surface area contributed by atoms with Gasteiger partial charge in [-0.15, -0.1) is 0 Å². The number of hydrogen-bond donors (Lipinski definition) is 3. The van der Waals surface area contributed by atoms with Crippen molar-refractivity contribution in [1.82, 2.24) is 15.5 Å². The standard InChI is InChI=1S/C12H23N3O3/c1-8(16)6-13-11(18)14-9-5-10(17)15(7-9)12(2,3)4/h8-9,16H,5-7H2,1-4H3,(H2,13,14,18). The van der Waals surface area contributed by atoms with E-state index in [1.807, 2.05) is 20.8 Å². The van der Waals surface area contributed by atoms with Crippen LogP contribution in [0.1, 0.15) is 34.1 Å². The predicted molar refractivity (Wildman–Crippen MR) is 68.1 cm³/mol. The number of nitrogens with one attached hydrogen (secondary N) is 2. The third-order valence-electron chi connectivity index (χ3n) is 2.83. The minimum atomic E-state index is -0.577. The Morgan fingerprint density at radius 3 is 2.61 bits per heavy atom. The van der Waals surface area contributed by atoms with Crippen molar-refractivity contribution in [1.29, 1.82) is 0 Å². The van der Waals surface area contributed by atoms with E-state index in [0.29, 0.717) is 13.0 Å². The smallest absolute Gasteiger partial charge is 0.315 e. The fourth-order valence-corrected chi connectivity index (χ4v) is 1.93. The number of carbonyl (C=O) groups excluding carboxylic acids is 2. The van der Waals surface area contributed by atoms with Gasteiger partial charge >= 0.3 is 6.03 Å². The van der Waals surface area contributed by atoms with Gasteiger partial charge in [0.05, 0.1) is 12.1 Å². The summed E-state index contributed by atoms with van der Waals surface area (Å²) in [5.74, 6) is 0.0586. The summed E-state index contributed by atoms with van der Waals surface area (Å²) in [5, 5.41) is 14.3. The van der Waals surface area contributed by atoms with E-state index in [1.165, 1.54) is 0 Å². The Kier molecular flexibility index (Phi) is 4.56. The number of rotatable bonds is 3. The van der Waals surface area contributed by atoms with Crippen molar-refractivity contribution in [3.63, 3.8) is 0 Å². The monoisotopic (exact) mass is 257 g/mol. The molecule has 0 aromatic carbocycles. The number of likely N-dealkylation sites (tertiary alicyclic amines) is 1. The molecule has 0 spiro atoms. The van der Waals surface area contributed by atoms with Gasteiger partial charge in [0.15, 0.2) is 0 Å². The van der Waals surface area contributed by atoms with Crippen molar-refractivity contribution in [2.24, 2.45) is 0 Å². The second-order valence-electron chi connectivity index (χ2n) is 5.78. The molecule has 3 amide bonds. The van der Waals surface area contributed by atoms with Gasteiger partial charge in [-0.05, 0) is 27.7 Å². The largest absolute Gasteiger partial charge is 0.392 e. The number of hydrogen-bond acceptors (Lipinski definition) is 3. The normalized spacial score (nSPS) is 21.9. The third kappa shape index (κ3) is 4.18. The van der Waals surface area contributed by atoms with Crippen LogP contribution in [-0.4, -0.2) is 52.7 Å². The molecule has 1 fully saturated rings. The van der Waals surface area contributed by atoms with Gasteiger partial charge in [0.2, 0.25) is 5.91 Å². The van der Waals surface area contributed by atoms with Gasteiger partial charge in [0.25, 0.3) is 0 Å². The summed E-state index contributed by atoms with van der Waals surface area (Å²) < 4.78 is 0. The van der Waals surface area contributed by atoms with Gasteiger partial charge in [0.1, 0.15) is 0 Å². The highest BCUT2D eigenvalue weighted by Crippen LogP contribution is 2.21. The van der Waals surface area contributed by atoms with Crippen molar-refractivity contribution in [3.8, 4) is 0 Å². The number of aliphatic hydroxyl groups is 1. The number of amides is 3. The van der Waals surface area contributed by atoms with Gasteiger partial charge < -0.3 is 20.6 Å².